The van der Waals surface area contributed by atoms with Gasteiger partial charge in [-0.25, -0.2) is 4.98 Å². The highest BCUT2D eigenvalue weighted by Crippen LogP contribution is 2.27. The SMILES string of the molecule is Cc1ccc(O)c(Cn2c(NC3CCN(C)CC3)nc3ccc(CCl)cc32)n1. The highest BCUT2D eigenvalue weighted by atomic mass is 35.5. The quantitative estimate of drug-likeness (QED) is 0.640. The summed E-state index contributed by atoms with van der Waals surface area (Å²) in [4.78, 5) is 11.7. The molecule has 1 aliphatic rings. The monoisotopic (exact) mass is 399 g/mol. The predicted molar refractivity (Wildman–Crippen MR) is 113 cm³/mol. The Morgan fingerprint density at radius 2 is 1.96 bits per heavy atom. The molecular formula is C21H26ClN5O. The number of hydrogen-bond donors (Lipinski definition) is 2. The summed E-state index contributed by atoms with van der Waals surface area (Å²) in [5.74, 6) is 1.47. The van der Waals surface area contributed by atoms with E-state index in [0.29, 0.717) is 24.2 Å². The number of alkyl halides is 1. The van der Waals surface area contributed by atoms with Crippen LogP contribution in [0.3, 0.4) is 0 Å². The molecule has 28 heavy (non-hydrogen) atoms. The molecule has 0 radical (unpaired) electrons. The summed E-state index contributed by atoms with van der Waals surface area (Å²) in [6.45, 7) is 4.53. The molecule has 3 heterocycles. The zero-order valence-corrected chi connectivity index (χ0v) is 17.1. The number of piperidine rings is 1. The summed E-state index contributed by atoms with van der Waals surface area (Å²) < 4.78 is 2.10. The Morgan fingerprint density at radius 3 is 2.71 bits per heavy atom. The maximum Gasteiger partial charge on any atom is 0.204 e. The molecule has 0 unspecified atom stereocenters. The van der Waals surface area contributed by atoms with Crippen LogP contribution >= 0.6 is 11.6 Å². The molecule has 1 saturated heterocycles. The van der Waals surface area contributed by atoms with Gasteiger partial charge in [-0.1, -0.05) is 6.07 Å². The van der Waals surface area contributed by atoms with Gasteiger partial charge >= 0.3 is 0 Å². The minimum Gasteiger partial charge on any atom is -0.506 e. The Hall–Kier alpha value is -2.31. The van der Waals surface area contributed by atoms with Gasteiger partial charge in [-0.05, 0) is 69.7 Å². The van der Waals surface area contributed by atoms with E-state index in [1.807, 2.05) is 25.1 Å². The number of hydrogen-bond acceptors (Lipinski definition) is 5. The number of likely N-dealkylation sites (tertiary alicyclic amines) is 1. The van der Waals surface area contributed by atoms with Crippen LogP contribution in [0.25, 0.3) is 11.0 Å². The average molecular weight is 400 g/mol. The van der Waals surface area contributed by atoms with E-state index in [1.165, 1.54) is 0 Å². The van der Waals surface area contributed by atoms with E-state index >= 15 is 0 Å². The lowest BCUT2D eigenvalue weighted by Crippen LogP contribution is -2.37. The van der Waals surface area contributed by atoms with Crippen molar-refractivity contribution < 1.29 is 5.11 Å². The molecule has 0 saturated carbocycles. The van der Waals surface area contributed by atoms with Gasteiger partial charge in [0.25, 0.3) is 0 Å². The van der Waals surface area contributed by atoms with Gasteiger partial charge in [0.05, 0.1) is 17.6 Å². The van der Waals surface area contributed by atoms with Crippen LogP contribution in [-0.2, 0) is 12.4 Å². The van der Waals surface area contributed by atoms with Gasteiger partial charge < -0.3 is 19.9 Å². The summed E-state index contributed by atoms with van der Waals surface area (Å²) >= 11 is 6.06. The number of benzene rings is 1. The van der Waals surface area contributed by atoms with Crippen molar-refractivity contribution in [3.8, 4) is 5.75 Å². The smallest absolute Gasteiger partial charge is 0.204 e. The average Bonchev–Trinajstić information content (AvgIpc) is 3.02. The Bertz CT molecular complexity index is 978. The molecule has 1 fully saturated rings. The molecule has 3 aromatic rings. The topological polar surface area (TPSA) is 66.2 Å². The fraction of sp³-hybridized carbons (Fsp3) is 0.429. The summed E-state index contributed by atoms with van der Waals surface area (Å²) in [5.41, 5.74) is 4.47. The number of aromatic hydroxyl groups is 1. The van der Waals surface area contributed by atoms with E-state index in [4.69, 9.17) is 16.6 Å². The number of fused-ring (bicyclic) bond motifs is 1. The molecule has 1 aliphatic heterocycles. The molecule has 0 amide bonds. The van der Waals surface area contributed by atoms with Crippen molar-refractivity contribution in [1.82, 2.24) is 19.4 Å². The second-order valence-corrected chi connectivity index (χ2v) is 7.89. The molecule has 148 valence electrons. The molecule has 0 bridgehead atoms. The summed E-state index contributed by atoms with van der Waals surface area (Å²) in [7, 11) is 2.16. The molecule has 6 nitrogen and oxygen atoms in total. The first-order chi connectivity index (χ1) is 13.5. The van der Waals surface area contributed by atoms with Crippen LogP contribution in [0.2, 0.25) is 0 Å². The highest BCUT2D eigenvalue weighted by molar-refractivity contribution is 6.17. The number of imidazole rings is 1. The van der Waals surface area contributed by atoms with E-state index in [2.05, 4.69) is 32.9 Å². The number of aromatic nitrogens is 3. The summed E-state index contributed by atoms with van der Waals surface area (Å²) in [6, 6.07) is 9.99. The maximum atomic E-state index is 10.3. The van der Waals surface area contributed by atoms with Crippen molar-refractivity contribution in [3.05, 3.63) is 47.3 Å². The number of aryl methyl sites for hydroxylation is 1. The Kier molecular flexibility index (Phi) is 5.42. The van der Waals surface area contributed by atoms with Gasteiger partial charge in [-0.3, -0.25) is 4.98 Å². The standard InChI is InChI=1S/C21H26ClN5O/c1-14-3-6-20(28)18(23-14)13-27-19-11-15(12-22)4-5-17(19)25-21(27)24-16-7-9-26(2)10-8-16/h3-6,11,16,28H,7-10,12-13H2,1-2H3,(H,24,25). The fourth-order valence-corrected chi connectivity index (χ4v) is 3.89. The highest BCUT2D eigenvalue weighted by Gasteiger charge is 2.20. The first-order valence-electron chi connectivity index (χ1n) is 9.69. The zero-order chi connectivity index (χ0) is 19.7. The van der Waals surface area contributed by atoms with Crippen LogP contribution < -0.4 is 5.32 Å². The fourth-order valence-electron chi connectivity index (χ4n) is 3.73. The van der Waals surface area contributed by atoms with E-state index in [9.17, 15) is 5.11 Å². The number of anilines is 1. The third kappa shape index (κ3) is 3.93. The minimum atomic E-state index is 0.200. The van der Waals surface area contributed by atoms with Crippen molar-refractivity contribution in [1.29, 1.82) is 0 Å². The van der Waals surface area contributed by atoms with Crippen molar-refractivity contribution in [2.45, 2.75) is 38.2 Å². The number of nitrogens with one attached hydrogen (secondary N) is 1. The number of halogens is 1. The van der Waals surface area contributed by atoms with E-state index < -0.39 is 0 Å². The van der Waals surface area contributed by atoms with E-state index in [-0.39, 0.29) is 5.75 Å². The number of nitrogens with zero attached hydrogens (tertiary/aromatic N) is 4. The van der Waals surface area contributed by atoms with Crippen molar-refractivity contribution in [2.75, 3.05) is 25.5 Å². The van der Waals surface area contributed by atoms with Gasteiger partial charge in [0.1, 0.15) is 11.4 Å². The van der Waals surface area contributed by atoms with Gasteiger partial charge in [0.2, 0.25) is 5.95 Å². The lowest BCUT2D eigenvalue weighted by Gasteiger charge is -2.29. The third-order valence-electron chi connectivity index (χ3n) is 5.42. The Morgan fingerprint density at radius 1 is 1.18 bits per heavy atom. The van der Waals surface area contributed by atoms with E-state index in [0.717, 1.165) is 54.2 Å². The molecule has 2 aromatic heterocycles. The van der Waals surface area contributed by atoms with Gasteiger partial charge in [-0.2, -0.15) is 0 Å². The van der Waals surface area contributed by atoms with Gasteiger partial charge in [0.15, 0.2) is 0 Å². The number of rotatable bonds is 5. The van der Waals surface area contributed by atoms with Crippen LogP contribution in [0.1, 0.15) is 29.8 Å². The van der Waals surface area contributed by atoms with Gasteiger partial charge in [-0.15, -0.1) is 11.6 Å². The van der Waals surface area contributed by atoms with Gasteiger partial charge in [0, 0.05) is 17.6 Å². The normalized spacial score (nSPS) is 16.0. The van der Waals surface area contributed by atoms with E-state index in [1.54, 1.807) is 6.07 Å². The molecule has 0 atom stereocenters. The van der Waals surface area contributed by atoms with Crippen LogP contribution in [-0.4, -0.2) is 50.7 Å². The minimum absolute atomic E-state index is 0.200. The van der Waals surface area contributed by atoms with Crippen LogP contribution in [0.15, 0.2) is 30.3 Å². The largest absolute Gasteiger partial charge is 0.506 e. The lowest BCUT2D eigenvalue weighted by molar-refractivity contribution is 0.263. The predicted octanol–water partition coefficient (Wildman–Crippen LogP) is 3.74. The summed E-state index contributed by atoms with van der Waals surface area (Å²) in [5, 5.41) is 13.9. The molecule has 0 spiro atoms. The zero-order valence-electron chi connectivity index (χ0n) is 16.3. The first-order valence-corrected chi connectivity index (χ1v) is 10.2. The second-order valence-electron chi connectivity index (χ2n) is 7.62. The van der Waals surface area contributed by atoms with Crippen molar-refractivity contribution in [3.63, 3.8) is 0 Å². The first kappa shape index (κ1) is 19.0. The van der Waals surface area contributed by atoms with Crippen LogP contribution in [0, 0.1) is 6.92 Å². The van der Waals surface area contributed by atoms with Crippen molar-refractivity contribution >= 4 is 28.6 Å². The molecule has 4 rings (SSSR count). The second kappa shape index (κ2) is 7.97. The Labute approximate surface area is 170 Å². The lowest BCUT2D eigenvalue weighted by atomic mass is 10.1. The molecule has 7 heteroatoms. The Balaban J connectivity index is 1.73. The maximum absolute atomic E-state index is 10.3. The molecule has 0 aliphatic carbocycles. The van der Waals surface area contributed by atoms with Crippen LogP contribution in [0.5, 0.6) is 5.75 Å². The number of pyridine rings is 1. The molecular weight excluding hydrogens is 374 g/mol. The van der Waals surface area contributed by atoms with Crippen molar-refractivity contribution in [2.24, 2.45) is 0 Å². The molecule has 1 aromatic carbocycles. The van der Waals surface area contributed by atoms with Crippen LogP contribution in [0.4, 0.5) is 5.95 Å². The summed E-state index contributed by atoms with van der Waals surface area (Å²) in [6.07, 6.45) is 2.17. The molecule has 2 N–H and O–H groups in total. The third-order valence-corrected chi connectivity index (χ3v) is 5.72.